The summed E-state index contributed by atoms with van der Waals surface area (Å²) in [5.74, 6) is -0.243. The van der Waals surface area contributed by atoms with E-state index in [1.807, 2.05) is 0 Å². The van der Waals surface area contributed by atoms with Crippen molar-refractivity contribution in [2.45, 2.75) is 0 Å². The van der Waals surface area contributed by atoms with Gasteiger partial charge in [-0.05, 0) is 72.3 Å². The van der Waals surface area contributed by atoms with Crippen molar-refractivity contribution in [3.63, 3.8) is 0 Å². The molecule has 0 unspecified atom stereocenters. The molecule has 3 aromatic rings. The van der Waals surface area contributed by atoms with Crippen LogP contribution in [-0.2, 0) is 14.4 Å². The Hall–Kier alpha value is -5.12. The number of rotatable bonds is 8. The van der Waals surface area contributed by atoms with Crippen molar-refractivity contribution >= 4 is 41.2 Å². The Balaban J connectivity index is 1.40. The number of barbiturate groups is 1. The molecule has 0 aliphatic carbocycles. The van der Waals surface area contributed by atoms with Gasteiger partial charge in [0.1, 0.15) is 22.8 Å². The van der Waals surface area contributed by atoms with Crippen LogP contribution in [0.1, 0.15) is 5.56 Å². The summed E-state index contributed by atoms with van der Waals surface area (Å²) in [6.07, 6.45) is 1.38. The summed E-state index contributed by atoms with van der Waals surface area (Å²) in [5, 5.41) is 4.90. The molecule has 4 rings (SSSR count). The zero-order valence-electron chi connectivity index (χ0n) is 20.0. The molecule has 0 bridgehead atoms. The number of ether oxygens (including phenoxy) is 3. The van der Waals surface area contributed by atoms with E-state index >= 15 is 0 Å². The van der Waals surface area contributed by atoms with E-state index in [9.17, 15) is 19.2 Å². The van der Waals surface area contributed by atoms with E-state index in [0.29, 0.717) is 34.2 Å². The Bertz CT molecular complexity index is 1350. The van der Waals surface area contributed by atoms with Gasteiger partial charge in [-0.3, -0.25) is 19.7 Å². The van der Waals surface area contributed by atoms with Gasteiger partial charge < -0.3 is 19.5 Å². The maximum atomic E-state index is 13.0. The largest absolute Gasteiger partial charge is 0.497 e. The van der Waals surface area contributed by atoms with Gasteiger partial charge in [-0.2, -0.15) is 0 Å². The zero-order chi connectivity index (χ0) is 26.4. The average Bonchev–Trinajstić information content (AvgIpc) is 2.91. The molecule has 0 saturated carbocycles. The first kappa shape index (κ1) is 25.0. The van der Waals surface area contributed by atoms with Crippen LogP contribution in [-0.4, -0.2) is 44.6 Å². The van der Waals surface area contributed by atoms with Gasteiger partial charge in [0, 0.05) is 5.69 Å². The molecule has 37 heavy (non-hydrogen) atoms. The summed E-state index contributed by atoms with van der Waals surface area (Å²) in [4.78, 5) is 50.8. The molecule has 0 atom stereocenters. The lowest BCUT2D eigenvalue weighted by molar-refractivity contribution is -0.122. The molecule has 0 radical (unpaired) electrons. The fraction of sp³-hybridized carbons (Fsp3) is 0.111. The summed E-state index contributed by atoms with van der Waals surface area (Å²) in [6.45, 7) is -0.216. The van der Waals surface area contributed by atoms with Crippen molar-refractivity contribution in [3.05, 3.63) is 83.9 Å². The number of carbonyl (C=O) groups is 4. The first-order valence-corrected chi connectivity index (χ1v) is 11.1. The van der Waals surface area contributed by atoms with Gasteiger partial charge in [0.25, 0.3) is 17.7 Å². The number of imide groups is 2. The summed E-state index contributed by atoms with van der Waals surface area (Å²) in [7, 11) is 3.06. The summed E-state index contributed by atoms with van der Waals surface area (Å²) >= 11 is 0. The molecule has 5 amide bonds. The number of benzene rings is 3. The van der Waals surface area contributed by atoms with Gasteiger partial charge in [0.05, 0.1) is 19.9 Å². The molecular formula is C27H23N3O7. The predicted octanol–water partition coefficient (Wildman–Crippen LogP) is 3.39. The van der Waals surface area contributed by atoms with Crippen molar-refractivity contribution in [1.29, 1.82) is 0 Å². The second-order valence-electron chi connectivity index (χ2n) is 7.79. The topological polar surface area (TPSA) is 123 Å². The van der Waals surface area contributed by atoms with E-state index in [4.69, 9.17) is 14.2 Å². The lowest BCUT2D eigenvalue weighted by Gasteiger charge is -2.26. The molecule has 0 aromatic heterocycles. The molecule has 10 nitrogen and oxygen atoms in total. The van der Waals surface area contributed by atoms with Crippen molar-refractivity contribution in [1.82, 2.24) is 5.32 Å². The summed E-state index contributed by atoms with van der Waals surface area (Å²) in [5.41, 5.74) is 1.22. The molecule has 1 aliphatic rings. The number of anilines is 2. The quantitative estimate of drug-likeness (QED) is 0.358. The van der Waals surface area contributed by atoms with Crippen LogP contribution in [0, 0.1) is 0 Å². The fourth-order valence-corrected chi connectivity index (χ4v) is 3.47. The number of methoxy groups -OCH3 is 2. The molecular weight excluding hydrogens is 478 g/mol. The fourth-order valence-electron chi connectivity index (χ4n) is 3.47. The van der Waals surface area contributed by atoms with Gasteiger partial charge in [0.2, 0.25) is 0 Å². The average molecular weight is 501 g/mol. The second kappa shape index (κ2) is 11.1. The van der Waals surface area contributed by atoms with E-state index in [0.717, 1.165) is 4.90 Å². The number of nitrogens with zero attached hydrogens (tertiary/aromatic N) is 1. The lowest BCUT2D eigenvalue weighted by Crippen LogP contribution is -2.54. The van der Waals surface area contributed by atoms with E-state index in [2.05, 4.69) is 10.6 Å². The molecule has 1 aliphatic heterocycles. The maximum absolute atomic E-state index is 13.0. The van der Waals surface area contributed by atoms with Crippen LogP contribution in [0.4, 0.5) is 16.2 Å². The van der Waals surface area contributed by atoms with Crippen LogP contribution in [0.25, 0.3) is 6.08 Å². The molecule has 0 spiro atoms. The van der Waals surface area contributed by atoms with Crippen LogP contribution in [0.15, 0.2) is 78.4 Å². The van der Waals surface area contributed by atoms with Crippen molar-refractivity contribution in [3.8, 4) is 17.2 Å². The highest BCUT2D eigenvalue weighted by Gasteiger charge is 2.36. The van der Waals surface area contributed by atoms with Crippen LogP contribution in [0.2, 0.25) is 0 Å². The zero-order valence-corrected chi connectivity index (χ0v) is 20.0. The first-order valence-electron chi connectivity index (χ1n) is 11.1. The molecule has 3 aromatic carbocycles. The lowest BCUT2D eigenvalue weighted by atomic mass is 10.1. The normalized spacial score (nSPS) is 14.3. The summed E-state index contributed by atoms with van der Waals surface area (Å²) < 4.78 is 15.7. The highest BCUT2D eigenvalue weighted by molar-refractivity contribution is 6.39. The standard InChI is InChI=1S/C27H23N3O7/c1-35-20-11-5-18(6-12-20)28-24(31)16-37-22-9-3-17(4-10-22)15-23-25(32)29-27(34)30(26(23)33)19-7-13-21(36-2)14-8-19/h3-15H,16H2,1-2H3,(H,28,31)(H,29,32,34)/b23-15+. The highest BCUT2D eigenvalue weighted by Crippen LogP contribution is 2.24. The smallest absolute Gasteiger partial charge is 0.335 e. The minimum absolute atomic E-state index is 0.206. The Morgan fingerprint density at radius 3 is 2.00 bits per heavy atom. The van der Waals surface area contributed by atoms with E-state index < -0.39 is 17.8 Å². The third-order valence-electron chi connectivity index (χ3n) is 5.37. The number of urea groups is 1. The molecule has 188 valence electrons. The SMILES string of the molecule is COc1ccc(NC(=O)COc2ccc(/C=C3\C(=O)NC(=O)N(c4ccc(OC)cc4)C3=O)cc2)cc1. The highest BCUT2D eigenvalue weighted by atomic mass is 16.5. The van der Waals surface area contributed by atoms with E-state index in [1.54, 1.807) is 79.9 Å². The number of amides is 5. The van der Waals surface area contributed by atoms with E-state index in [1.165, 1.54) is 13.2 Å². The van der Waals surface area contributed by atoms with Crippen molar-refractivity contribution in [2.75, 3.05) is 31.0 Å². The second-order valence-corrected chi connectivity index (χ2v) is 7.79. The third-order valence-corrected chi connectivity index (χ3v) is 5.37. The number of hydrogen-bond acceptors (Lipinski definition) is 7. The van der Waals surface area contributed by atoms with Crippen LogP contribution >= 0.6 is 0 Å². The molecule has 1 saturated heterocycles. The Morgan fingerprint density at radius 2 is 1.41 bits per heavy atom. The minimum atomic E-state index is -0.839. The number of nitrogens with one attached hydrogen (secondary N) is 2. The minimum Gasteiger partial charge on any atom is -0.497 e. The van der Waals surface area contributed by atoms with Crippen LogP contribution in [0.5, 0.6) is 17.2 Å². The Kier molecular flexibility index (Phi) is 7.48. The monoisotopic (exact) mass is 501 g/mol. The van der Waals surface area contributed by atoms with Crippen molar-refractivity contribution in [2.24, 2.45) is 0 Å². The summed E-state index contributed by atoms with van der Waals surface area (Å²) in [6, 6.07) is 18.8. The molecule has 2 N–H and O–H groups in total. The molecule has 1 heterocycles. The van der Waals surface area contributed by atoms with E-state index in [-0.39, 0.29) is 18.1 Å². The van der Waals surface area contributed by atoms with Gasteiger partial charge in [-0.1, -0.05) is 12.1 Å². The van der Waals surface area contributed by atoms with Gasteiger partial charge in [-0.15, -0.1) is 0 Å². The Morgan fingerprint density at radius 1 is 0.838 bits per heavy atom. The third kappa shape index (κ3) is 5.93. The maximum Gasteiger partial charge on any atom is 0.335 e. The Labute approximate surface area is 212 Å². The predicted molar refractivity (Wildman–Crippen MR) is 136 cm³/mol. The molecule has 1 fully saturated rings. The number of carbonyl (C=O) groups excluding carboxylic acids is 4. The number of hydrogen-bond donors (Lipinski definition) is 2. The molecule has 10 heteroatoms. The first-order chi connectivity index (χ1) is 17.9. The van der Waals surface area contributed by atoms with Gasteiger partial charge in [0.15, 0.2) is 6.61 Å². The van der Waals surface area contributed by atoms with Gasteiger partial charge in [-0.25, -0.2) is 9.69 Å². The van der Waals surface area contributed by atoms with Gasteiger partial charge >= 0.3 is 6.03 Å². The van der Waals surface area contributed by atoms with Crippen LogP contribution < -0.4 is 29.7 Å². The van der Waals surface area contributed by atoms with Crippen LogP contribution in [0.3, 0.4) is 0 Å². The van der Waals surface area contributed by atoms with Crippen molar-refractivity contribution < 1.29 is 33.4 Å².